The highest BCUT2D eigenvalue weighted by Crippen LogP contribution is 2.37. The number of thiophene rings is 1. The van der Waals surface area contributed by atoms with Crippen LogP contribution in [0.4, 0.5) is 0 Å². The fourth-order valence-corrected chi connectivity index (χ4v) is 4.94. The van der Waals surface area contributed by atoms with Crippen molar-refractivity contribution in [1.29, 1.82) is 0 Å². The first-order valence-electron chi connectivity index (χ1n) is 7.73. The summed E-state index contributed by atoms with van der Waals surface area (Å²) >= 11 is 5.65. The average molecular weight is 368 g/mol. The zero-order chi connectivity index (χ0) is 14.8. The fourth-order valence-electron chi connectivity index (χ4n) is 3.02. The van der Waals surface area contributed by atoms with Crippen molar-refractivity contribution in [1.82, 2.24) is 15.1 Å². The molecule has 1 unspecified atom stereocenters. The fraction of sp³-hybridized carbons (Fsp3) is 0.562. The normalized spacial score (nSPS) is 16.0. The zero-order valence-electron chi connectivity index (χ0n) is 12.7. The van der Waals surface area contributed by atoms with E-state index in [1.807, 2.05) is 29.3 Å². The predicted octanol–water partition coefficient (Wildman–Crippen LogP) is 4.21. The van der Waals surface area contributed by atoms with E-state index in [4.69, 9.17) is 0 Å². The van der Waals surface area contributed by atoms with Gasteiger partial charge in [-0.1, -0.05) is 6.92 Å². The molecule has 0 bridgehead atoms. The van der Waals surface area contributed by atoms with E-state index in [9.17, 15) is 0 Å². The number of hydrogen-bond acceptors (Lipinski definition) is 3. The quantitative estimate of drug-likeness (QED) is 0.857. The second-order valence-electron chi connectivity index (χ2n) is 5.69. The summed E-state index contributed by atoms with van der Waals surface area (Å²) in [4.78, 5) is 3.03. The molecule has 2 heterocycles. The Balaban J connectivity index is 1.97. The smallest absolute Gasteiger partial charge is 0.0853 e. The number of aryl methyl sites for hydroxylation is 3. The Morgan fingerprint density at radius 3 is 2.90 bits per heavy atom. The van der Waals surface area contributed by atoms with Crippen LogP contribution in [0.3, 0.4) is 0 Å². The van der Waals surface area contributed by atoms with Crippen molar-refractivity contribution in [3.63, 3.8) is 0 Å². The third-order valence-electron chi connectivity index (χ3n) is 4.11. The van der Waals surface area contributed by atoms with Gasteiger partial charge >= 0.3 is 0 Å². The highest BCUT2D eigenvalue weighted by Gasteiger charge is 2.24. The number of halogens is 1. The molecule has 0 aliphatic heterocycles. The Bertz CT molecular complexity index is 574. The number of fused-ring (bicyclic) bond motifs is 1. The van der Waals surface area contributed by atoms with Gasteiger partial charge in [0.1, 0.15) is 0 Å². The lowest BCUT2D eigenvalue weighted by Gasteiger charge is -2.18. The van der Waals surface area contributed by atoms with E-state index in [1.165, 1.54) is 36.3 Å². The number of rotatable bonds is 5. The van der Waals surface area contributed by atoms with Crippen molar-refractivity contribution in [3.8, 4) is 0 Å². The molecule has 0 spiro atoms. The van der Waals surface area contributed by atoms with Crippen LogP contribution in [-0.4, -0.2) is 16.3 Å². The second kappa shape index (κ2) is 6.63. The molecule has 5 heteroatoms. The molecule has 2 aromatic heterocycles. The van der Waals surface area contributed by atoms with Gasteiger partial charge in [0, 0.05) is 16.8 Å². The molecular formula is C16H22BrN3S. The van der Waals surface area contributed by atoms with Crippen molar-refractivity contribution >= 4 is 27.3 Å². The average Bonchev–Trinajstić information content (AvgIpc) is 3.05. The van der Waals surface area contributed by atoms with E-state index in [0.717, 1.165) is 17.4 Å². The Hall–Kier alpha value is -0.650. The van der Waals surface area contributed by atoms with E-state index < -0.39 is 0 Å². The summed E-state index contributed by atoms with van der Waals surface area (Å²) in [5.41, 5.74) is 2.80. The maximum Gasteiger partial charge on any atom is 0.0853 e. The molecule has 2 aromatic rings. The lowest BCUT2D eigenvalue weighted by molar-refractivity contribution is 0.558. The lowest BCUT2D eigenvalue weighted by Crippen LogP contribution is -2.24. The predicted molar refractivity (Wildman–Crippen MR) is 92.0 cm³/mol. The second-order valence-corrected chi connectivity index (χ2v) is 7.72. The zero-order valence-corrected chi connectivity index (χ0v) is 15.1. The molecule has 3 nitrogen and oxygen atoms in total. The molecular weight excluding hydrogens is 346 g/mol. The highest BCUT2D eigenvalue weighted by atomic mass is 79.9. The molecule has 0 aromatic carbocycles. The molecule has 0 saturated carbocycles. The first-order valence-corrected chi connectivity index (χ1v) is 9.34. The van der Waals surface area contributed by atoms with Gasteiger partial charge in [0.15, 0.2) is 0 Å². The summed E-state index contributed by atoms with van der Waals surface area (Å²) in [6.07, 6.45) is 8.22. The van der Waals surface area contributed by atoms with Crippen LogP contribution in [0, 0.1) is 0 Å². The number of nitrogens with one attached hydrogen (secondary N) is 1. The minimum Gasteiger partial charge on any atom is -0.304 e. The molecule has 1 atom stereocenters. The van der Waals surface area contributed by atoms with Crippen molar-refractivity contribution < 1.29 is 0 Å². The lowest BCUT2D eigenvalue weighted by atomic mass is 9.98. The molecule has 114 valence electrons. The van der Waals surface area contributed by atoms with Crippen LogP contribution in [0.25, 0.3) is 0 Å². The van der Waals surface area contributed by atoms with E-state index in [1.54, 1.807) is 10.4 Å². The van der Waals surface area contributed by atoms with Gasteiger partial charge in [-0.3, -0.25) is 4.68 Å². The van der Waals surface area contributed by atoms with Crippen LogP contribution in [0.2, 0.25) is 0 Å². The molecule has 0 amide bonds. The minimum atomic E-state index is 0.238. The van der Waals surface area contributed by atoms with E-state index in [0.29, 0.717) is 0 Å². The maximum absolute atomic E-state index is 4.39. The Kier molecular flexibility index (Phi) is 4.82. The third-order valence-corrected chi connectivity index (χ3v) is 6.02. The maximum atomic E-state index is 4.39. The number of aromatic nitrogens is 2. The number of hydrogen-bond donors (Lipinski definition) is 1. The van der Waals surface area contributed by atoms with Crippen LogP contribution in [-0.2, 0) is 19.9 Å². The highest BCUT2D eigenvalue weighted by molar-refractivity contribution is 9.10. The molecule has 0 radical (unpaired) electrons. The molecule has 0 saturated heterocycles. The molecule has 0 fully saturated rings. The summed E-state index contributed by atoms with van der Waals surface area (Å²) < 4.78 is 3.07. The molecule has 1 N–H and O–H groups in total. The largest absolute Gasteiger partial charge is 0.304 e. The van der Waals surface area contributed by atoms with Gasteiger partial charge in [-0.15, -0.1) is 11.3 Å². The SMILES string of the molecule is CCCNC(c1cc2c(s1)CCCC2)c1c(Br)cnn1C. The van der Waals surface area contributed by atoms with Gasteiger partial charge in [-0.05, 0) is 66.2 Å². The Labute approximate surface area is 138 Å². The van der Waals surface area contributed by atoms with Gasteiger partial charge in [0.2, 0.25) is 0 Å². The minimum absolute atomic E-state index is 0.238. The van der Waals surface area contributed by atoms with Gasteiger partial charge < -0.3 is 5.32 Å². The summed E-state index contributed by atoms with van der Waals surface area (Å²) in [7, 11) is 2.02. The van der Waals surface area contributed by atoms with Gasteiger partial charge in [-0.2, -0.15) is 5.10 Å². The summed E-state index contributed by atoms with van der Waals surface area (Å²) in [6, 6.07) is 2.66. The first kappa shape index (κ1) is 15.3. The Morgan fingerprint density at radius 1 is 1.43 bits per heavy atom. The van der Waals surface area contributed by atoms with E-state index in [2.05, 4.69) is 39.3 Å². The van der Waals surface area contributed by atoms with Gasteiger partial charge in [0.25, 0.3) is 0 Å². The summed E-state index contributed by atoms with van der Waals surface area (Å²) in [6.45, 7) is 3.23. The monoisotopic (exact) mass is 367 g/mol. The van der Waals surface area contributed by atoms with Crippen molar-refractivity contribution in [2.75, 3.05) is 6.54 Å². The molecule has 21 heavy (non-hydrogen) atoms. The molecule has 3 rings (SSSR count). The molecule has 1 aliphatic rings. The van der Waals surface area contributed by atoms with Crippen molar-refractivity contribution in [2.45, 2.75) is 45.1 Å². The van der Waals surface area contributed by atoms with Crippen LogP contribution in [0.5, 0.6) is 0 Å². The standard InChI is InChI=1S/C16H22BrN3S/c1-3-8-18-15(16-12(17)10-19-20(16)2)14-9-11-6-4-5-7-13(11)21-14/h9-10,15,18H,3-8H2,1-2H3. The van der Waals surface area contributed by atoms with Crippen molar-refractivity contribution in [2.24, 2.45) is 7.05 Å². The van der Waals surface area contributed by atoms with Gasteiger partial charge in [0.05, 0.1) is 22.4 Å². The third kappa shape index (κ3) is 3.10. The first-order chi connectivity index (χ1) is 10.2. The van der Waals surface area contributed by atoms with Crippen LogP contribution in [0.15, 0.2) is 16.7 Å². The molecule has 1 aliphatic carbocycles. The van der Waals surface area contributed by atoms with Crippen LogP contribution >= 0.6 is 27.3 Å². The van der Waals surface area contributed by atoms with E-state index >= 15 is 0 Å². The van der Waals surface area contributed by atoms with Crippen LogP contribution in [0.1, 0.15) is 53.2 Å². The Morgan fingerprint density at radius 2 is 2.24 bits per heavy atom. The summed E-state index contributed by atoms with van der Waals surface area (Å²) in [5.74, 6) is 0. The number of nitrogens with zero attached hydrogens (tertiary/aromatic N) is 2. The van der Waals surface area contributed by atoms with E-state index in [-0.39, 0.29) is 6.04 Å². The van der Waals surface area contributed by atoms with Crippen LogP contribution < -0.4 is 5.32 Å². The topological polar surface area (TPSA) is 29.9 Å². The summed E-state index contributed by atoms with van der Waals surface area (Å²) in [5, 5.41) is 8.09. The van der Waals surface area contributed by atoms with Gasteiger partial charge in [-0.25, -0.2) is 0 Å². The van der Waals surface area contributed by atoms with Crippen molar-refractivity contribution in [3.05, 3.63) is 37.7 Å².